The third kappa shape index (κ3) is 55.9. The van der Waals surface area contributed by atoms with E-state index in [0.717, 1.165) is 32.1 Å². The third-order valence-corrected chi connectivity index (χ3v) is 14.6. The maximum Gasteiger partial charge on any atom is 0.472 e. The van der Waals surface area contributed by atoms with Crippen LogP contribution in [0, 0.1) is 0 Å². The van der Waals surface area contributed by atoms with Gasteiger partial charge in [0.15, 0.2) is 6.10 Å². The van der Waals surface area contributed by atoms with Crippen LogP contribution >= 0.6 is 7.82 Å². The Morgan fingerprint density at radius 1 is 0.420 bits per heavy atom. The summed E-state index contributed by atoms with van der Waals surface area (Å²) in [4.78, 5) is 35.2. The van der Waals surface area contributed by atoms with Crippen LogP contribution in [0.4, 0.5) is 0 Å². The van der Waals surface area contributed by atoms with Gasteiger partial charge in [0.25, 0.3) is 0 Å². The molecule has 3 N–H and O–H groups in total. The van der Waals surface area contributed by atoms with Crippen LogP contribution in [0.2, 0.25) is 0 Å². The zero-order valence-corrected chi connectivity index (χ0v) is 46.7. The highest BCUT2D eigenvalue weighted by atomic mass is 31.2. The molecule has 0 spiro atoms. The van der Waals surface area contributed by atoms with E-state index in [1.165, 1.54) is 257 Å². The zero-order chi connectivity index (χ0) is 50.2. The molecule has 2 unspecified atom stereocenters. The minimum absolute atomic E-state index is 0.0576. The van der Waals surface area contributed by atoms with Crippen LogP contribution in [0.15, 0.2) is 12.2 Å². The Morgan fingerprint density at radius 2 is 0.710 bits per heavy atom. The number of phosphoric acid groups is 1. The van der Waals surface area contributed by atoms with Gasteiger partial charge in [0, 0.05) is 19.4 Å². The Morgan fingerprint density at radius 3 is 1.03 bits per heavy atom. The molecule has 2 atom stereocenters. The molecular weight excluding hydrogens is 882 g/mol. The first-order valence-corrected chi connectivity index (χ1v) is 31.7. The molecule has 0 saturated carbocycles. The number of hydrogen-bond acceptors (Lipinski definition) is 8. The van der Waals surface area contributed by atoms with Crippen LogP contribution in [0.1, 0.15) is 322 Å². The molecule has 410 valence electrons. The molecule has 0 fully saturated rings. The van der Waals surface area contributed by atoms with Crippen molar-refractivity contribution in [2.24, 2.45) is 5.73 Å². The van der Waals surface area contributed by atoms with E-state index >= 15 is 0 Å². The Labute approximate surface area is 428 Å². The van der Waals surface area contributed by atoms with Gasteiger partial charge >= 0.3 is 19.8 Å². The summed E-state index contributed by atoms with van der Waals surface area (Å²) in [7, 11) is -4.38. The first-order valence-electron chi connectivity index (χ1n) is 30.2. The van der Waals surface area contributed by atoms with Crippen LogP contribution in [-0.4, -0.2) is 49.3 Å². The molecule has 0 heterocycles. The number of carbonyl (C=O) groups excluding carboxylic acids is 2. The fourth-order valence-electron chi connectivity index (χ4n) is 9.16. The number of rotatable bonds is 58. The summed E-state index contributed by atoms with van der Waals surface area (Å²) < 4.78 is 33.0. The van der Waals surface area contributed by atoms with Crippen molar-refractivity contribution >= 4 is 19.8 Å². The molecule has 0 aromatic rings. The molecule has 69 heavy (non-hydrogen) atoms. The number of hydrogen-bond donors (Lipinski definition) is 2. The topological polar surface area (TPSA) is 134 Å². The second-order valence-electron chi connectivity index (χ2n) is 20.6. The second kappa shape index (κ2) is 56.1. The minimum Gasteiger partial charge on any atom is -0.462 e. The summed E-state index contributed by atoms with van der Waals surface area (Å²) in [5, 5.41) is 0. The Kier molecular flexibility index (Phi) is 55.0. The minimum atomic E-state index is -4.38. The molecule has 0 amide bonds. The van der Waals surface area contributed by atoms with Gasteiger partial charge in [-0.05, 0) is 38.5 Å². The summed E-state index contributed by atoms with van der Waals surface area (Å²) in [6.07, 6.45) is 64.3. The number of esters is 2. The fourth-order valence-corrected chi connectivity index (χ4v) is 9.93. The van der Waals surface area contributed by atoms with Gasteiger partial charge in [-0.2, -0.15) is 0 Å². The van der Waals surface area contributed by atoms with E-state index < -0.39 is 26.5 Å². The Hall–Kier alpha value is -1.25. The quantitative estimate of drug-likeness (QED) is 0.0264. The predicted molar refractivity (Wildman–Crippen MR) is 294 cm³/mol. The molecular formula is C59H116NO8P. The van der Waals surface area contributed by atoms with E-state index in [-0.39, 0.29) is 38.6 Å². The SMILES string of the molecule is CCCCCCCCCC/C=C\CCCCCCCCCCCCCCCCCCCCCC(=O)OC(COC(=O)CCCCCCCCCCCCCCCCCCC)COP(=O)(O)OCCN. The van der Waals surface area contributed by atoms with Crippen molar-refractivity contribution in [1.29, 1.82) is 0 Å². The highest BCUT2D eigenvalue weighted by Crippen LogP contribution is 2.43. The molecule has 0 rings (SSSR count). The van der Waals surface area contributed by atoms with Gasteiger partial charge in [-0.15, -0.1) is 0 Å². The first kappa shape index (κ1) is 67.8. The lowest BCUT2D eigenvalue weighted by Crippen LogP contribution is -2.29. The molecule has 9 nitrogen and oxygen atoms in total. The van der Waals surface area contributed by atoms with Crippen molar-refractivity contribution in [3.05, 3.63) is 12.2 Å². The summed E-state index contributed by atoms with van der Waals surface area (Å²) in [5.41, 5.74) is 5.38. The maximum absolute atomic E-state index is 12.7. The smallest absolute Gasteiger partial charge is 0.462 e. The lowest BCUT2D eigenvalue weighted by atomic mass is 10.0. The summed E-state index contributed by atoms with van der Waals surface area (Å²) in [6.45, 7) is 3.81. The molecule has 0 aliphatic carbocycles. The van der Waals surface area contributed by atoms with E-state index in [2.05, 4.69) is 26.0 Å². The van der Waals surface area contributed by atoms with Crippen LogP contribution in [0.5, 0.6) is 0 Å². The number of unbranched alkanes of at least 4 members (excludes halogenated alkanes) is 43. The number of ether oxygens (including phenoxy) is 2. The van der Waals surface area contributed by atoms with Gasteiger partial charge < -0.3 is 20.1 Å². The molecule has 0 aliphatic heterocycles. The average molecular weight is 999 g/mol. The lowest BCUT2D eigenvalue weighted by Gasteiger charge is -2.19. The highest BCUT2D eigenvalue weighted by molar-refractivity contribution is 7.47. The van der Waals surface area contributed by atoms with Crippen LogP contribution in [0.25, 0.3) is 0 Å². The van der Waals surface area contributed by atoms with Crippen molar-refractivity contribution in [2.75, 3.05) is 26.4 Å². The molecule has 0 radical (unpaired) electrons. The van der Waals surface area contributed by atoms with Crippen LogP contribution < -0.4 is 5.73 Å². The molecule has 0 aromatic carbocycles. The van der Waals surface area contributed by atoms with E-state index in [1.807, 2.05) is 0 Å². The van der Waals surface area contributed by atoms with E-state index in [4.69, 9.17) is 24.3 Å². The Balaban J connectivity index is 3.85. The van der Waals surface area contributed by atoms with Gasteiger partial charge in [0.05, 0.1) is 13.2 Å². The van der Waals surface area contributed by atoms with Gasteiger partial charge in [0.2, 0.25) is 0 Å². The van der Waals surface area contributed by atoms with Crippen LogP contribution in [0.3, 0.4) is 0 Å². The van der Waals surface area contributed by atoms with Crippen molar-refractivity contribution < 1.29 is 37.6 Å². The van der Waals surface area contributed by atoms with Crippen molar-refractivity contribution in [3.63, 3.8) is 0 Å². The Bertz CT molecular complexity index is 1140. The van der Waals surface area contributed by atoms with E-state index in [0.29, 0.717) is 6.42 Å². The number of allylic oxidation sites excluding steroid dienone is 2. The lowest BCUT2D eigenvalue weighted by molar-refractivity contribution is -0.161. The molecule has 0 bridgehead atoms. The first-order chi connectivity index (χ1) is 33.8. The highest BCUT2D eigenvalue weighted by Gasteiger charge is 2.26. The molecule has 0 aromatic heterocycles. The fraction of sp³-hybridized carbons (Fsp3) is 0.932. The summed E-state index contributed by atoms with van der Waals surface area (Å²) in [6, 6.07) is 0. The standard InChI is InChI=1S/C59H116NO8P/c1-3-5-7-9-11-13-15-17-19-21-22-23-24-25-26-27-28-29-30-31-32-33-34-36-38-40-42-44-46-48-50-52-59(62)68-57(56-67-69(63,64)66-54-53-60)55-65-58(61)51-49-47-45-43-41-39-37-35-20-18-16-14-12-10-8-6-4-2/h21-22,57H,3-20,23-56,60H2,1-2H3,(H,63,64)/b22-21-. The number of nitrogens with two attached hydrogens (primary N) is 1. The molecule has 10 heteroatoms. The molecule has 0 saturated heterocycles. The normalized spacial score (nSPS) is 13.0. The van der Waals surface area contributed by atoms with Gasteiger partial charge in [-0.3, -0.25) is 18.6 Å². The zero-order valence-electron chi connectivity index (χ0n) is 45.8. The van der Waals surface area contributed by atoms with Gasteiger partial charge in [-0.1, -0.05) is 283 Å². The van der Waals surface area contributed by atoms with Crippen molar-refractivity contribution in [2.45, 2.75) is 328 Å². The largest absolute Gasteiger partial charge is 0.472 e. The van der Waals surface area contributed by atoms with Crippen molar-refractivity contribution in [1.82, 2.24) is 0 Å². The maximum atomic E-state index is 12.7. The monoisotopic (exact) mass is 998 g/mol. The van der Waals surface area contributed by atoms with Gasteiger partial charge in [-0.25, -0.2) is 4.57 Å². The van der Waals surface area contributed by atoms with Gasteiger partial charge in [0.1, 0.15) is 6.61 Å². The summed E-state index contributed by atoms with van der Waals surface area (Å²) in [5.74, 6) is -0.805. The van der Waals surface area contributed by atoms with E-state index in [9.17, 15) is 19.0 Å². The van der Waals surface area contributed by atoms with Crippen LogP contribution in [-0.2, 0) is 32.7 Å². The molecule has 0 aliphatic rings. The van der Waals surface area contributed by atoms with Crippen molar-refractivity contribution in [3.8, 4) is 0 Å². The third-order valence-electron chi connectivity index (χ3n) is 13.7. The predicted octanol–water partition coefficient (Wildman–Crippen LogP) is 18.9. The second-order valence-corrected chi connectivity index (χ2v) is 22.0. The number of carbonyl (C=O) groups is 2. The van der Waals surface area contributed by atoms with E-state index in [1.54, 1.807) is 0 Å². The average Bonchev–Trinajstić information content (AvgIpc) is 3.34. The summed E-state index contributed by atoms with van der Waals surface area (Å²) >= 11 is 0. The number of phosphoric ester groups is 1.